The van der Waals surface area contributed by atoms with Crippen LogP contribution in [-0.2, 0) is 53.6 Å². The number of benzene rings is 2. The van der Waals surface area contributed by atoms with Crippen LogP contribution in [0.2, 0.25) is 0 Å². The molecule has 0 aromatic heterocycles. The van der Waals surface area contributed by atoms with Gasteiger partial charge in [-0.25, -0.2) is 9.59 Å². The molecular formula is C38H56O6. The summed E-state index contributed by atoms with van der Waals surface area (Å²) in [6.07, 6.45) is 4.83. The molecule has 0 spiro atoms. The molecule has 0 atom stereocenters. The van der Waals surface area contributed by atoms with E-state index in [1.54, 1.807) is 0 Å². The SMILES string of the molecule is CC(C)(C)c1cc(CCCOC(=O)C=CC(=O)OCCCc2cc(C(C)(C)C)c(O)c(C(C)(C)C)c2)cc(C(C)(C)C)c1O. The maximum atomic E-state index is 12.2. The first-order chi connectivity index (χ1) is 20.0. The Bertz CT molecular complexity index is 1160. The van der Waals surface area contributed by atoms with Crippen LogP contribution in [0.4, 0.5) is 0 Å². The van der Waals surface area contributed by atoms with Crippen LogP contribution in [0.1, 0.15) is 129 Å². The van der Waals surface area contributed by atoms with Gasteiger partial charge in [-0.2, -0.15) is 0 Å². The summed E-state index contributed by atoms with van der Waals surface area (Å²) < 4.78 is 10.6. The fourth-order valence-electron chi connectivity index (χ4n) is 5.09. The first-order valence-corrected chi connectivity index (χ1v) is 15.8. The van der Waals surface area contributed by atoms with Crippen LogP contribution in [0.5, 0.6) is 11.5 Å². The summed E-state index contributed by atoms with van der Waals surface area (Å²) in [6, 6.07) is 8.15. The van der Waals surface area contributed by atoms with Gasteiger partial charge in [-0.05, 0) is 80.7 Å². The third kappa shape index (κ3) is 10.7. The highest BCUT2D eigenvalue weighted by atomic mass is 16.5. The number of phenolic OH excluding ortho intramolecular Hbond substituents is 2. The van der Waals surface area contributed by atoms with E-state index in [2.05, 4.69) is 83.1 Å². The Morgan fingerprint density at radius 3 is 1.02 bits per heavy atom. The van der Waals surface area contributed by atoms with Crippen molar-refractivity contribution in [1.29, 1.82) is 0 Å². The highest BCUT2D eigenvalue weighted by molar-refractivity contribution is 5.91. The van der Waals surface area contributed by atoms with Crippen molar-refractivity contribution in [3.05, 3.63) is 69.8 Å². The Labute approximate surface area is 265 Å². The van der Waals surface area contributed by atoms with Crippen LogP contribution in [0.15, 0.2) is 36.4 Å². The average molecular weight is 609 g/mol. The van der Waals surface area contributed by atoms with Crippen molar-refractivity contribution >= 4 is 11.9 Å². The number of rotatable bonds is 10. The van der Waals surface area contributed by atoms with Gasteiger partial charge < -0.3 is 19.7 Å². The van der Waals surface area contributed by atoms with E-state index in [9.17, 15) is 19.8 Å². The zero-order valence-corrected chi connectivity index (χ0v) is 29.2. The van der Waals surface area contributed by atoms with E-state index in [4.69, 9.17) is 9.47 Å². The summed E-state index contributed by atoms with van der Waals surface area (Å²) in [5.74, 6) is -0.484. The van der Waals surface area contributed by atoms with Crippen molar-refractivity contribution in [2.75, 3.05) is 13.2 Å². The molecule has 2 N–H and O–H groups in total. The summed E-state index contributed by atoms with van der Waals surface area (Å²) in [5.41, 5.74) is 4.99. The Hall–Kier alpha value is -3.28. The van der Waals surface area contributed by atoms with Crippen LogP contribution in [-0.4, -0.2) is 35.4 Å². The molecule has 0 saturated carbocycles. The predicted molar refractivity (Wildman–Crippen MR) is 179 cm³/mol. The lowest BCUT2D eigenvalue weighted by atomic mass is 9.78. The van der Waals surface area contributed by atoms with Gasteiger partial charge in [0.1, 0.15) is 11.5 Å². The minimum absolute atomic E-state index is 0.205. The van der Waals surface area contributed by atoms with E-state index < -0.39 is 11.9 Å². The van der Waals surface area contributed by atoms with Gasteiger partial charge >= 0.3 is 11.9 Å². The number of phenols is 2. The van der Waals surface area contributed by atoms with Gasteiger partial charge in [0.05, 0.1) is 13.2 Å². The summed E-state index contributed by atoms with van der Waals surface area (Å²) in [5, 5.41) is 21.8. The Morgan fingerprint density at radius 1 is 0.545 bits per heavy atom. The molecule has 2 rings (SSSR count). The predicted octanol–water partition coefficient (Wildman–Crippen LogP) is 8.50. The van der Waals surface area contributed by atoms with Gasteiger partial charge in [-0.15, -0.1) is 0 Å². The van der Waals surface area contributed by atoms with Gasteiger partial charge in [-0.3, -0.25) is 0 Å². The molecule has 0 unspecified atom stereocenters. The number of carbonyl (C=O) groups excluding carboxylic acids is 2. The lowest BCUT2D eigenvalue weighted by molar-refractivity contribution is -0.140. The molecule has 0 bridgehead atoms. The number of aryl methyl sites for hydroxylation is 2. The minimum Gasteiger partial charge on any atom is -0.507 e. The second-order valence-corrected chi connectivity index (χ2v) is 16.0. The van der Waals surface area contributed by atoms with E-state index in [-0.39, 0.29) is 34.9 Å². The number of hydrogen-bond donors (Lipinski definition) is 2. The van der Waals surface area contributed by atoms with Crippen LogP contribution < -0.4 is 0 Å². The number of esters is 2. The molecule has 0 heterocycles. The van der Waals surface area contributed by atoms with Gasteiger partial charge in [0.2, 0.25) is 0 Å². The first-order valence-electron chi connectivity index (χ1n) is 15.8. The third-order valence-electron chi connectivity index (χ3n) is 7.64. The molecule has 6 heteroatoms. The Kier molecular flexibility index (Phi) is 11.9. The number of ether oxygens (including phenoxy) is 2. The highest BCUT2D eigenvalue weighted by Gasteiger charge is 2.27. The average Bonchev–Trinajstić information content (AvgIpc) is 2.86. The van der Waals surface area contributed by atoms with Crippen LogP contribution >= 0.6 is 0 Å². The molecule has 0 aliphatic heterocycles. The second kappa shape index (κ2) is 14.2. The fourth-order valence-corrected chi connectivity index (χ4v) is 5.09. The van der Waals surface area contributed by atoms with E-state index in [0.717, 1.165) is 45.5 Å². The molecule has 0 aliphatic carbocycles. The molecule has 44 heavy (non-hydrogen) atoms. The van der Waals surface area contributed by atoms with Crippen molar-refractivity contribution in [2.45, 2.75) is 130 Å². The first kappa shape index (κ1) is 36.9. The zero-order chi connectivity index (χ0) is 33.7. The number of aromatic hydroxyl groups is 2. The third-order valence-corrected chi connectivity index (χ3v) is 7.64. The summed E-state index contributed by atoms with van der Waals surface area (Å²) in [6.45, 7) is 25.4. The maximum Gasteiger partial charge on any atom is 0.331 e. The standard InChI is InChI=1S/C38H56O6/c1-35(2,3)27-21-25(22-28(33(27)41)36(4,5)6)15-13-19-43-31(39)17-18-32(40)44-20-14-16-26-23-29(37(7,8)9)34(42)30(24-26)38(10,11)12/h17-18,21-24,41-42H,13-16,19-20H2,1-12H3. The summed E-state index contributed by atoms with van der Waals surface area (Å²) in [7, 11) is 0. The molecule has 244 valence electrons. The fraction of sp³-hybridized carbons (Fsp3) is 0.579. The Balaban J connectivity index is 1.86. The largest absolute Gasteiger partial charge is 0.507 e. The van der Waals surface area contributed by atoms with Crippen molar-refractivity contribution in [1.82, 2.24) is 0 Å². The molecule has 0 radical (unpaired) electrons. The minimum atomic E-state index is -0.591. The van der Waals surface area contributed by atoms with Crippen LogP contribution in [0, 0.1) is 0 Å². The molecule has 0 fully saturated rings. The topological polar surface area (TPSA) is 93.1 Å². The van der Waals surface area contributed by atoms with E-state index >= 15 is 0 Å². The lowest BCUT2D eigenvalue weighted by Crippen LogP contribution is -2.18. The second-order valence-electron chi connectivity index (χ2n) is 16.0. The summed E-state index contributed by atoms with van der Waals surface area (Å²) in [4.78, 5) is 24.3. The number of hydrogen-bond acceptors (Lipinski definition) is 6. The maximum absolute atomic E-state index is 12.2. The van der Waals surface area contributed by atoms with E-state index in [1.807, 2.05) is 24.3 Å². The van der Waals surface area contributed by atoms with Crippen molar-refractivity contribution in [3.63, 3.8) is 0 Å². The molecule has 6 nitrogen and oxygen atoms in total. The highest BCUT2D eigenvalue weighted by Crippen LogP contribution is 2.41. The van der Waals surface area contributed by atoms with Gasteiger partial charge in [0, 0.05) is 12.2 Å². The molecule has 2 aromatic carbocycles. The van der Waals surface area contributed by atoms with Crippen molar-refractivity contribution in [3.8, 4) is 11.5 Å². The van der Waals surface area contributed by atoms with Crippen LogP contribution in [0.25, 0.3) is 0 Å². The molecule has 0 aliphatic rings. The Morgan fingerprint density at radius 2 is 0.795 bits per heavy atom. The smallest absolute Gasteiger partial charge is 0.331 e. The molecule has 0 saturated heterocycles. The zero-order valence-electron chi connectivity index (χ0n) is 29.2. The molecule has 0 amide bonds. The van der Waals surface area contributed by atoms with Crippen LogP contribution in [0.3, 0.4) is 0 Å². The number of carbonyl (C=O) groups is 2. The van der Waals surface area contributed by atoms with Gasteiger partial charge in [0.15, 0.2) is 0 Å². The lowest BCUT2D eigenvalue weighted by Gasteiger charge is -2.28. The molecule has 2 aromatic rings. The normalized spacial score (nSPS) is 12.9. The van der Waals surface area contributed by atoms with Gasteiger partial charge in [-0.1, -0.05) is 107 Å². The summed E-state index contributed by atoms with van der Waals surface area (Å²) >= 11 is 0. The monoisotopic (exact) mass is 608 g/mol. The van der Waals surface area contributed by atoms with E-state index in [1.165, 1.54) is 0 Å². The van der Waals surface area contributed by atoms with Crippen molar-refractivity contribution < 1.29 is 29.3 Å². The molecular weight excluding hydrogens is 552 g/mol. The quantitative estimate of drug-likeness (QED) is 0.160. The van der Waals surface area contributed by atoms with Gasteiger partial charge in [0.25, 0.3) is 0 Å². The van der Waals surface area contributed by atoms with E-state index in [0.29, 0.717) is 37.2 Å². The van der Waals surface area contributed by atoms with Crippen molar-refractivity contribution in [2.24, 2.45) is 0 Å².